The van der Waals surface area contributed by atoms with Crippen molar-refractivity contribution in [2.75, 3.05) is 6.61 Å². The van der Waals surface area contributed by atoms with E-state index < -0.39 is 0 Å². The van der Waals surface area contributed by atoms with Crippen LogP contribution in [0.15, 0.2) is 59.4 Å². The summed E-state index contributed by atoms with van der Waals surface area (Å²) < 4.78 is 9.65. The van der Waals surface area contributed by atoms with Crippen LogP contribution in [0.25, 0.3) is 6.08 Å². The first kappa shape index (κ1) is 15.9. The minimum atomic E-state index is -0.330. The van der Waals surface area contributed by atoms with Crippen LogP contribution >= 0.6 is 0 Å². The third-order valence-electron chi connectivity index (χ3n) is 3.69. The lowest BCUT2D eigenvalue weighted by Crippen LogP contribution is -2.46. The average molecular weight is 326 g/mol. The van der Waals surface area contributed by atoms with Crippen LogP contribution in [-0.4, -0.2) is 24.6 Å². The largest absolute Gasteiger partial charge is 0.472 e. The first-order valence-corrected chi connectivity index (χ1v) is 7.69. The van der Waals surface area contributed by atoms with E-state index in [4.69, 9.17) is 9.15 Å². The zero-order valence-corrected chi connectivity index (χ0v) is 13.0. The second-order valence-corrected chi connectivity index (χ2v) is 5.50. The van der Waals surface area contributed by atoms with Crippen molar-refractivity contribution in [1.29, 1.82) is 0 Å². The molecule has 6 nitrogen and oxygen atoms in total. The fourth-order valence-electron chi connectivity index (χ4n) is 2.35. The van der Waals surface area contributed by atoms with Gasteiger partial charge in [-0.1, -0.05) is 42.5 Å². The van der Waals surface area contributed by atoms with Gasteiger partial charge in [0.05, 0.1) is 31.0 Å². The van der Waals surface area contributed by atoms with Gasteiger partial charge in [-0.05, 0) is 11.6 Å². The lowest BCUT2D eigenvalue weighted by Gasteiger charge is -2.23. The summed E-state index contributed by atoms with van der Waals surface area (Å²) >= 11 is 0. The highest BCUT2D eigenvalue weighted by molar-refractivity contribution is 5.84. The van der Waals surface area contributed by atoms with Crippen molar-refractivity contribution in [3.05, 3.63) is 66.1 Å². The molecule has 24 heavy (non-hydrogen) atoms. The minimum Gasteiger partial charge on any atom is -0.472 e. The smallest absolute Gasteiger partial charge is 0.407 e. The van der Waals surface area contributed by atoms with E-state index in [0.717, 1.165) is 11.1 Å². The average Bonchev–Trinajstić information content (AvgIpc) is 3.23. The van der Waals surface area contributed by atoms with Gasteiger partial charge in [0.2, 0.25) is 5.91 Å². The number of carbonyl (C=O) groups is 2. The molecule has 2 fully saturated rings. The molecule has 0 unspecified atom stereocenters. The summed E-state index contributed by atoms with van der Waals surface area (Å²) in [4.78, 5) is 21.2. The first-order chi connectivity index (χ1) is 11.7. The Balaban J connectivity index is 0.000000141. The number of benzene rings is 1. The molecule has 2 aliphatic heterocycles. The number of hydrogen-bond donors (Lipinski definition) is 2. The number of amides is 2. The van der Waals surface area contributed by atoms with Crippen molar-refractivity contribution >= 4 is 18.1 Å². The van der Waals surface area contributed by atoms with Crippen LogP contribution in [0, 0.1) is 0 Å². The van der Waals surface area contributed by atoms with Gasteiger partial charge in [0.25, 0.3) is 0 Å². The van der Waals surface area contributed by atoms with Gasteiger partial charge in [-0.2, -0.15) is 0 Å². The lowest BCUT2D eigenvalue weighted by molar-refractivity contribution is -0.127. The quantitative estimate of drug-likeness (QED) is 0.850. The maximum atomic E-state index is 10.7. The Bertz CT molecular complexity index is 702. The van der Waals surface area contributed by atoms with Gasteiger partial charge in [-0.15, -0.1) is 0 Å². The summed E-state index contributed by atoms with van der Waals surface area (Å²) in [5.41, 5.74) is 2.11. The molecule has 2 saturated heterocycles. The van der Waals surface area contributed by atoms with E-state index in [2.05, 4.69) is 10.6 Å². The van der Waals surface area contributed by atoms with Crippen LogP contribution in [0.4, 0.5) is 4.79 Å². The zero-order valence-electron chi connectivity index (χ0n) is 13.0. The van der Waals surface area contributed by atoms with Crippen LogP contribution in [0.5, 0.6) is 0 Å². The molecule has 2 aliphatic rings. The van der Waals surface area contributed by atoms with E-state index in [1.165, 1.54) is 0 Å². The number of furan rings is 1. The van der Waals surface area contributed by atoms with Crippen LogP contribution in [0.3, 0.4) is 0 Å². The predicted octanol–water partition coefficient (Wildman–Crippen LogP) is 2.65. The summed E-state index contributed by atoms with van der Waals surface area (Å²) in [7, 11) is 0. The number of cyclic esters (lactones) is 1. The molecule has 0 bridgehead atoms. The van der Waals surface area contributed by atoms with Crippen LogP contribution in [-0.2, 0) is 9.53 Å². The van der Waals surface area contributed by atoms with Gasteiger partial charge in [-0.25, -0.2) is 4.79 Å². The maximum Gasteiger partial charge on any atom is 0.407 e. The van der Waals surface area contributed by atoms with E-state index in [1.807, 2.05) is 48.6 Å². The highest BCUT2D eigenvalue weighted by atomic mass is 16.6. The van der Waals surface area contributed by atoms with Gasteiger partial charge in [0.15, 0.2) is 0 Å². The van der Waals surface area contributed by atoms with Crippen molar-refractivity contribution in [1.82, 2.24) is 10.6 Å². The maximum absolute atomic E-state index is 10.7. The van der Waals surface area contributed by atoms with Gasteiger partial charge in [0, 0.05) is 5.56 Å². The van der Waals surface area contributed by atoms with Crippen molar-refractivity contribution in [3.8, 4) is 0 Å². The fourth-order valence-corrected chi connectivity index (χ4v) is 2.35. The van der Waals surface area contributed by atoms with Gasteiger partial charge < -0.3 is 19.8 Å². The molecule has 0 spiro atoms. The van der Waals surface area contributed by atoms with Gasteiger partial charge >= 0.3 is 6.09 Å². The lowest BCUT2D eigenvalue weighted by atomic mass is 10.1. The number of ether oxygens (including phenoxy) is 1. The summed E-state index contributed by atoms with van der Waals surface area (Å²) in [6, 6.07) is 11.9. The van der Waals surface area contributed by atoms with E-state index in [0.29, 0.717) is 13.0 Å². The Kier molecular flexibility index (Phi) is 4.96. The van der Waals surface area contributed by atoms with Gasteiger partial charge in [-0.3, -0.25) is 4.79 Å². The Labute approximate surface area is 139 Å². The molecule has 0 saturated carbocycles. The topological polar surface area (TPSA) is 80.6 Å². The van der Waals surface area contributed by atoms with E-state index in [1.54, 1.807) is 12.5 Å². The molecular formula is C18H18N2O4. The molecule has 3 heterocycles. The van der Waals surface area contributed by atoms with Crippen molar-refractivity contribution in [2.24, 2.45) is 0 Å². The van der Waals surface area contributed by atoms with Crippen LogP contribution in [0.2, 0.25) is 0 Å². The number of alkyl carbamates (subject to hydrolysis) is 1. The molecular weight excluding hydrogens is 308 g/mol. The van der Waals surface area contributed by atoms with Crippen molar-refractivity contribution in [3.63, 3.8) is 0 Å². The molecule has 0 aliphatic carbocycles. The van der Waals surface area contributed by atoms with Crippen molar-refractivity contribution < 1.29 is 18.7 Å². The monoisotopic (exact) mass is 326 g/mol. The number of rotatable bonds is 3. The molecule has 4 rings (SSSR count). The zero-order chi connectivity index (χ0) is 16.8. The third kappa shape index (κ3) is 4.25. The number of carbonyl (C=O) groups excluding carboxylic acids is 2. The molecule has 0 radical (unpaired) electrons. The molecule has 1 aromatic heterocycles. The molecule has 2 aromatic rings. The number of nitrogens with one attached hydrogen (secondary N) is 2. The number of hydrogen-bond acceptors (Lipinski definition) is 4. The van der Waals surface area contributed by atoms with Crippen LogP contribution in [0.1, 0.15) is 23.6 Å². The fraction of sp³-hybridized carbons (Fsp3) is 0.222. The predicted molar refractivity (Wildman–Crippen MR) is 88.0 cm³/mol. The second-order valence-electron chi connectivity index (χ2n) is 5.50. The Morgan fingerprint density at radius 1 is 1.08 bits per heavy atom. The molecule has 2 atom stereocenters. The van der Waals surface area contributed by atoms with Crippen LogP contribution < -0.4 is 10.6 Å². The molecule has 6 heteroatoms. The van der Waals surface area contributed by atoms with E-state index in [9.17, 15) is 9.59 Å². The molecule has 2 N–H and O–H groups in total. The summed E-state index contributed by atoms with van der Waals surface area (Å²) in [5, 5.41) is 5.46. The SMILES string of the molecule is O=C1C[C@@H](/C=C/c2ccoc2)N1.O=C1N[C@@H](c2ccccc2)CO1. The standard InChI is InChI=1S/2C9H9NO2/c11-9-5-8(10-9)2-1-7-3-4-12-6-7;11-9-10-8(6-12-9)7-4-2-1-3-5-7/h1-4,6,8H,5H2,(H,10,11);1-5,8H,6H2,(H,10,11)/b2-1+;/t2*8-/m11/s1. The van der Waals surface area contributed by atoms with Gasteiger partial charge in [0.1, 0.15) is 6.61 Å². The molecule has 1 aromatic carbocycles. The summed E-state index contributed by atoms with van der Waals surface area (Å²) in [6.45, 7) is 0.433. The Morgan fingerprint density at radius 3 is 2.46 bits per heavy atom. The Morgan fingerprint density at radius 2 is 1.88 bits per heavy atom. The van der Waals surface area contributed by atoms with Crippen molar-refractivity contribution in [2.45, 2.75) is 18.5 Å². The number of β-lactam (4-membered cyclic amide) rings is 1. The summed E-state index contributed by atoms with van der Waals surface area (Å²) in [5.74, 6) is 0.122. The first-order valence-electron chi connectivity index (χ1n) is 7.69. The minimum absolute atomic E-state index is 0.0266. The second kappa shape index (κ2) is 7.50. The Hall–Kier alpha value is -3.02. The molecule has 124 valence electrons. The third-order valence-corrected chi connectivity index (χ3v) is 3.69. The summed E-state index contributed by atoms with van der Waals surface area (Å²) in [6.07, 6.45) is 7.47. The van der Waals surface area contributed by atoms with E-state index >= 15 is 0 Å². The normalized spacial score (nSPS) is 22.0. The molecule has 2 amide bonds. The van der Waals surface area contributed by atoms with E-state index in [-0.39, 0.29) is 24.1 Å². The highest BCUT2D eigenvalue weighted by Gasteiger charge is 2.23. The highest BCUT2D eigenvalue weighted by Crippen LogP contribution is 2.16.